The second kappa shape index (κ2) is 2.89. The SMILES string of the molecule is C[C@@H]1CNC(C)(C)COC1. The normalized spacial score (nSPS) is 33.3. The quantitative estimate of drug-likeness (QED) is 0.546. The van der Waals surface area contributed by atoms with Crippen LogP contribution in [-0.4, -0.2) is 25.3 Å². The third-order valence-electron chi connectivity index (χ3n) is 1.79. The molecular formula is C8H17NO. The molecule has 1 fully saturated rings. The van der Waals surface area contributed by atoms with Crippen LogP contribution >= 0.6 is 0 Å². The summed E-state index contributed by atoms with van der Waals surface area (Å²) in [5.41, 5.74) is 0.171. The largest absolute Gasteiger partial charge is 0.379 e. The number of hydrogen-bond donors (Lipinski definition) is 1. The minimum absolute atomic E-state index is 0.171. The Labute approximate surface area is 63.0 Å². The fraction of sp³-hybridized carbons (Fsp3) is 1.00. The summed E-state index contributed by atoms with van der Waals surface area (Å²) >= 11 is 0. The van der Waals surface area contributed by atoms with Gasteiger partial charge in [0.1, 0.15) is 0 Å². The molecule has 1 atom stereocenters. The zero-order valence-corrected chi connectivity index (χ0v) is 7.11. The van der Waals surface area contributed by atoms with Gasteiger partial charge in [-0.2, -0.15) is 0 Å². The van der Waals surface area contributed by atoms with Gasteiger partial charge in [-0.25, -0.2) is 0 Å². The summed E-state index contributed by atoms with van der Waals surface area (Å²) in [6.45, 7) is 9.35. The van der Waals surface area contributed by atoms with E-state index >= 15 is 0 Å². The minimum Gasteiger partial charge on any atom is -0.379 e. The highest BCUT2D eigenvalue weighted by molar-refractivity contribution is 4.80. The molecule has 10 heavy (non-hydrogen) atoms. The van der Waals surface area contributed by atoms with Gasteiger partial charge in [-0.1, -0.05) is 6.92 Å². The molecule has 0 unspecified atom stereocenters. The van der Waals surface area contributed by atoms with Crippen molar-refractivity contribution in [3.63, 3.8) is 0 Å². The van der Waals surface area contributed by atoms with Crippen molar-refractivity contribution < 1.29 is 4.74 Å². The molecule has 0 aromatic rings. The predicted octanol–water partition coefficient (Wildman–Crippen LogP) is 1.02. The third-order valence-corrected chi connectivity index (χ3v) is 1.79. The molecule has 1 heterocycles. The Balaban J connectivity index is 2.41. The first kappa shape index (κ1) is 8.02. The second-order valence-electron chi connectivity index (χ2n) is 3.89. The summed E-state index contributed by atoms with van der Waals surface area (Å²) in [4.78, 5) is 0. The van der Waals surface area contributed by atoms with Crippen molar-refractivity contribution in [2.24, 2.45) is 5.92 Å². The van der Waals surface area contributed by atoms with E-state index in [1.54, 1.807) is 0 Å². The van der Waals surface area contributed by atoms with E-state index in [0.717, 1.165) is 19.8 Å². The summed E-state index contributed by atoms with van der Waals surface area (Å²) < 4.78 is 5.46. The van der Waals surface area contributed by atoms with E-state index in [1.807, 2.05) is 0 Å². The van der Waals surface area contributed by atoms with Gasteiger partial charge in [-0.15, -0.1) is 0 Å². The van der Waals surface area contributed by atoms with Gasteiger partial charge in [0.15, 0.2) is 0 Å². The minimum atomic E-state index is 0.171. The van der Waals surface area contributed by atoms with Crippen LogP contribution in [-0.2, 0) is 4.74 Å². The third kappa shape index (κ3) is 2.27. The Hall–Kier alpha value is -0.0800. The Morgan fingerprint density at radius 2 is 2.20 bits per heavy atom. The average molecular weight is 143 g/mol. The van der Waals surface area contributed by atoms with Crippen LogP contribution in [0.4, 0.5) is 0 Å². The van der Waals surface area contributed by atoms with E-state index in [1.165, 1.54) is 0 Å². The van der Waals surface area contributed by atoms with Crippen molar-refractivity contribution in [1.29, 1.82) is 0 Å². The molecule has 0 spiro atoms. The molecule has 0 saturated carbocycles. The van der Waals surface area contributed by atoms with Crippen molar-refractivity contribution in [3.8, 4) is 0 Å². The van der Waals surface area contributed by atoms with Crippen molar-refractivity contribution >= 4 is 0 Å². The van der Waals surface area contributed by atoms with Gasteiger partial charge in [0.05, 0.1) is 13.2 Å². The Bertz CT molecular complexity index is 112. The van der Waals surface area contributed by atoms with Crippen LogP contribution in [0.1, 0.15) is 20.8 Å². The van der Waals surface area contributed by atoms with Crippen LogP contribution in [0.2, 0.25) is 0 Å². The summed E-state index contributed by atoms with van der Waals surface area (Å²) in [6.07, 6.45) is 0. The van der Waals surface area contributed by atoms with Gasteiger partial charge in [0.25, 0.3) is 0 Å². The molecule has 1 aliphatic heterocycles. The van der Waals surface area contributed by atoms with Crippen molar-refractivity contribution in [2.45, 2.75) is 26.3 Å². The lowest BCUT2D eigenvalue weighted by atomic mass is 10.1. The molecular weight excluding hydrogens is 126 g/mol. The van der Waals surface area contributed by atoms with Gasteiger partial charge in [0.2, 0.25) is 0 Å². The number of rotatable bonds is 0. The van der Waals surface area contributed by atoms with E-state index in [0.29, 0.717) is 5.92 Å². The smallest absolute Gasteiger partial charge is 0.0642 e. The van der Waals surface area contributed by atoms with Crippen LogP contribution < -0.4 is 5.32 Å². The second-order valence-corrected chi connectivity index (χ2v) is 3.89. The fourth-order valence-electron chi connectivity index (χ4n) is 1.08. The fourth-order valence-corrected chi connectivity index (χ4v) is 1.08. The molecule has 1 aliphatic rings. The maximum atomic E-state index is 5.46. The van der Waals surface area contributed by atoms with E-state index in [9.17, 15) is 0 Å². The van der Waals surface area contributed by atoms with Crippen LogP contribution in [0.25, 0.3) is 0 Å². The highest BCUT2D eigenvalue weighted by Gasteiger charge is 2.21. The first-order valence-corrected chi connectivity index (χ1v) is 3.93. The van der Waals surface area contributed by atoms with E-state index < -0.39 is 0 Å². The van der Waals surface area contributed by atoms with Crippen LogP contribution in [0.15, 0.2) is 0 Å². The molecule has 0 aliphatic carbocycles. The number of nitrogens with one attached hydrogen (secondary N) is 1. The monoisotopic (exact) mass is 143 g/mol. The molecule has 0 bridgehead atoms. The molecule has 1 saturated heterocycles. The van der Waals surface area contributed by atoms with Crippen molar-refractivity contribution in [1.82, 2.24) is 5.32 Å². The van der Waals surface area contributed by atoms with Gasteiger partial charge in [0, 0.05) is 12.1 Å². The number of ether oxygens (including phenoxy) is 1. The average Bonchev–Trinajstić information content (AvgIpc) is 1.94. The molecule has 0 aromatic heterocycles. The lowest BCUT2D eigenvalue weighted by Gasteiger charge is -2.22. The highest BCUT2D eigenvalue weighted by Crippen LogP contribution is 2.09. The standard InChI is InChI=1S/C8H17NO/c1-7-4-9-8(2,3)6-10-5-7/h7,9H,4-6H2,1-3H3/t7-/m1/s1. The molecule has 0 aromatic carbocycles. The first-order valence-electron chi connectivity index (χ1n) is 3.93. The maximum absolute atomic E-state index is 5.46. The van der Waals surface area contributed by atoms with Crippen molar-refractivity contribution in [3.05, 3.63) is 0 Å². The van der Waals surface area contributed by atoms with Gasteiger partial charge >= 0.3 is 0 Å². The predicted molar refractivity (Wildman–Crippen MR) is 42.1 cm³/mol. The molecule has 1 rings (SSSR count). The zero-order chi connectivity index (χ0) is 7.61. The number of hydrogen-bond acceptors (Lipinski definition) is 2. The topological polar surface area (TPSA) is 21.3 Å². The summed E-state index contributed by atoms with van der Waals surface area (Å²) in [7, 11) is 0. The van der Waals surface area contributed by atoms with E-state index in [4.69, 9.17) is 4.74 Å². The molecule has 2 heteroatoms. The highest BCUT2D eigenvalue weighted by atomic mass is 16.5. The zero-order valence-electron chi connectivity index (χ0n) is 7.11. The van der Waals surface area contributed by atoms with Gasteiger partial charge in [-0.3, -0.25) is 0 Å². The van der Waals surface area contributed by atoms with Gasteiger partial charge < -0.3 is 10.1 Å². The Kier molecular flexibility index (Phi) is 2.32. The Morgan fingerprint density at radius 1 is 1.50 bits per heavy atom. The van der Waals surface area contributed by atoms with Crippen LogP contribution in [0.5, 0.6) is 0 Å². The summed E-state index contributed by atoms with van der Waals surface area (Å²) in [5.74, 6) is 0.654. The van der Waals surface area contributed by atoms with E-state index in [2.05, 4.69) is 26.1 Å². The molecule has 60 valence electrons. The van der Waals surface area contributed by atoms with Gasteiger partial charge in [-0.05, 0) is 19.8 Å². The van der Waals surface area contributed by atoms with Crippen LogP contribution in [0.3, 0.4) is 0 Å². The summed E-state index contributed by atoms with van der Waals surface area (Å²) in [5, 5.41) is 3.45. The summed E-state index contributed by atoms with van der Waals surface area (Å²) in [6, 6.07) is 0. The molecule has 2 nitrogen and oxygen atoms in total. The first-order chi connectivity index (χ1) is 4.60. The Morgan fingerprint density at radius 3 is 2.90 bits per heavy atom. The van der Waals surface area contributed by atoms with E-state index in [-0.39, 0.29) is 5.54 Å². The van der Waals surface area contributed by atoms with Crippen molar-refractivity contribution in [2.75, 3.05) is 19.8 Å². The lowest BCUT2D eigenvalue weighted by Crippen LogP contribution is -2.42. The molecule has 0 amide bonds. The maximum Gasteiger partial charge on any atom is 0.0642 e. The lowest BCUT2D eigenvalue weighted by molar-refractivity contribution is 0.0927. The molecule has 1 N–H and O–H groups in total. The van der Waals surface area contributed by atoms with Crippen LogP contribution in [0, 0.1) is 5.92 Å². The molecule has 0 radical (unpaired) electrons.